The van der Waals surface area contributed by atoms with E-state index in [4.69, 9.17) is 0 Å². The summed E-state index contributed by atoms with van der Waals surface area (Å²) in [6.45, 7) is 29.3. The standard InChI is InChI=1S/C29H48/c1-12-22(6)23(7)14-13-15-27-16-17-28(24(8)18-27)26(10)25(9)19-29(11,20(2)3)21(4)5/h16-18,22-23,25-26H,2,4,12-15,19H2,1,3,5-11H3. The van der Waals surface area contributed by atoms with Crippen molar-refractivity contribution in [1.82, 2.24) is 0 Å². The molecule has 0 spiro atoms. The van der Waals surface area contributed by atoms with Crippen molar-refractivity contribution < 1.29 is 0 Å². The van der Waals surface area contributed by atoms with Crippen molar-refractivity contribution in [3.05, 3.63) is 59.2 Å². The molecule has 4 atom stereocenters. The maximum Gasteiger partial charge on any atom is 0.00841 e. The lowest BCUT2D eigenvalue weighted by molar-refractivity contribution is 0.321. The minimum absolute atomic E-state index is 0.0217. The highest BCUT2D eigenvalue weighted by Gasteiger charge is 2.31. The molecule has 29 heavy (non-hydrogen) atoms. The third-order valence-corrected chi connectivity index (χ3v) is 8.03. The Labute approximate surface area is 182 Å². The number of rotatable bonds is 12. The Kier molecular flexibility index (Phi) is 9.93. The highest BCUT2D eigenvalue weighted by molar-refractivity contribution is 5.34. The molecule has 0 radical (unpaired) electrons. The first-order chi connectivity index (χ1) is 13.4. The van der Waals surface area contributed by atoms with E-state index in [1.165, 1.54) is 53.5 Å². The maximum atomic E-state index is 4.26. The molecular formula is C29H48. The second kappa shape index (κ2) is 11.2. The van der Waals surface area contributed by atoms with Crippen LogP contribution in [0.3, 0.4) is 0 Å². The van der Waals surface area contributed by atoms with E-state index < -0.39 is 0 Å². The summed E-state index contributed by atoms with van der Waals surface area (Å²) >= 11 is 0. The lowest BCUT2D eigenvalue weighted by Gasteiger charge is -2.36. The van der Waals surface area contributed by atoms with Gasteiger partial charge in [0.1, 0.15) is 0 Å². The highest BCUT2D eigenvalue weighted by atomic mass is 14.3. The first-order valence-corrected chi connectivity index (χ1v) is 11.8. The van der Waals surface area contributed by atoms with Gasteiger partial charge in [-0.05, 0) is 80.4 Å². The zero-order chi connectivity index (χ0) is 22.4. The molecule has 0 aliphatic rings. The third-order valence-electron chi connectivity index (χ3n) is 8.03. The fourth-order valence-corrected chi connectivity index (χ4v) is 4.56. The zero-order valence-corrected chi connectivity index (χ0v) is 21.0. The van der Waals surface area contributed by atoms with Gasteiger partial charge in [-0.3, -0.25) is 0 Å². The lowest BCUT2D eigenvalue weighted by Crippen LogP contribution is -2.24. The molecule has 1 rings (SSSR count). The van der Waals surface area contributed by atoms with E-state index in [9.17, 15) is 0 Å². The SMILES string of the molecule is C=C(C)C(C)(CC(C)C(C)c1ccc(CCCC(C)C(C)CC)cc1C)C(=C)C. The van der Waals surface area contributed by atoms with E-state index in [0.717, 1.165) is 18.3 Å². The zero-order valence-electron chi connectivity index (χ0n) is 21.0. The molecule has 4 unspecified atom stereocenters. The topological polar surface area (TPSA) is 0 Å². The maximum absolute atomic E-state index is 4.26. The summed E-state index contributed by atoms with van der Waals surface area (Å²) in [5.41, 5.74) is 6.92. The van der Waals surface area contributed by atoms with Crippen LogP contribution in [0.5, 0.6) is 0 Å². The Hall–Kier alpha value is -1.30. The van der Waals surface area contributed by atoms with Crippen LogP contribution in [0.25, 0.3) is 0 Å². The summed E-state index contributed by atoms with van der Waals surface area (Å²) in [5, 5.41) is 0. The van der Waals surface area contributed by atoms with Gasteiger partial charge in [0.2, 0.25) is 0 Å². The lowest BCUT2D eigenvalue weighted by atomic mass is 9.69. The first-order valence-electron chi connectivity index (χ1n) is 11.8. The fourth-order valence-electron chi connectivity index (χ4n) is 4.56. The summed E-state index contributed by atoms with van der Waals surface area (Å²) in [6, 6.07) is 7.20. The fraction of sp³-hybridized carbons (Fsp3) is 0.655. The van der Waals surface area contributed by atoms with Crippen LogP contribution in [-0.2, 0) is 6.42 Å². The summed E-state index contributed by atoms with van der Waals surface area (Å²) in [4.78, 5) is 0. The van der Waals surface area contributed by atoms with E-state index in [0.29, 0.717) is 11.8 Å². The van der Waals surface area contributed by atoms with E-state index in [1.54, 1.807) is 0 Å². The van der Waals surface area contributed by atoms with Crippen molar-refractivity contribution in [2.45, 2.75) is 100 Å². The summed E-state index contributed by atoms with van der Waals surface area (Å²) in [7, 11) is 0. The van der Waals surface area contributed by atoms with E-state index in [2.05, 4.69) is 93.7 Å². The Balaban J connectivity index is 2.79. The van der Waals surface area contributed by atoms with Crippen molar-refractivity contribution in [2.24, 2.45) is 23.2 Å². The molecule has 0 amide bonds. The number of aryl methyl sites for hydroxylation is 2. The molecule has 1 aromatic rings. The predicted octanol–water partition coefficient (Wildman–Crippen LogP) is 9.29. The number of hydrogen-bond acceptors (Lipinski definition) is 0. The molecule has 0 aliphatic heterocycles. The number of allylic oxidation sites excluding steroid dienone is 2. The summed E-state index contributed by atoms with van der Waals surface area (Å²) < 4.78 is 0. The number of hydrogen-bond donors (Lipinski definition) is 0. The molecule has 0 heterocycles. The molecule has 164 valence electrons. The van der Waals surface area contributed by atoms with E-state index in [1.807, 2.05) is 0 Å². The van der Waals surface area contributed by atoms with Crippen LogP contribution < -0.4 is 0 Å². The molecule has 0 aromatic heterocycles. The Morgan fingerprint density at radius 2 is 1.55 bits per heavy atom. The quantitative estimate of drug-likeness (QED) is 0.309. The first kappa shape index (κ1) is 25.7. The smallest absolute Gasteiger partial charge is 0.00841 e. The average molecular weight is 397 g/mol. The van der Waals surface area contributed by atoms with Gasteiger partial charge in [0.15, 0.2) is 0 Å². The van der Waals surface area contributed by atoms with Crippen LogP contribution in [-0.4, -0.2) is 0 Å². The molecule has 0 N–H and O–H groups in total. The van der Waals surface area contributed by atoms with Crippen molar-refractivity contribution in [3.8, 4) is 0 Å². The minimum atomic E-state index is 0.0217. The van der Waals surface area contributed by atoms with Crippen LogP contribution in [0.4, 0.5) is 0 Å². The summed E-state index contributed by atoms with van der Waals surface area (Å²) in [6.07, 6.45) is 6.24. The van der Waals surface area contributed by atoms with E-state index >= 15 is 0 Å². The Morgan fingerprint density at radius 3 is 2.03 bits per heavy atom. The molecule has 0 aliphatic carbocycles. The molecular weight excluding hydrogens is 348 g/mol. The number of benzene rings is 1. The van der Waals surface area contributed by atoms with Crippen molar-refractivity contribution in [2.75, 3.05) is 0 Å². The van der Waals surface area contributed by atoms with Crippen LogP contribution in [0, 0.1) is 30.1 Å². The van der Waals surface area contributed by atoms with Gasteiger partial charge in [-0.25, -0.2) is 0 Å². The normalized spacial score (nSPS) is 16.2. The highest BCUT2D eigenvalue weighted by Crippen LogP contribution is 2.43. The van der Waals surface area contributed by atoms with Crippen LogP contribution in [0.15, 0.2) is 42.5 Å². The van der Waals surface area contributed by atoms with Crippen molar-refractivity contribution in [3.63, 3.8) is 0 Å². The van der Waals surface area contributed by atoms with Gasteiger partial charge >= 0.3 is 0 Å². The van der Waals surface area contributed by atoms with Crippen LogP contribution in [0.2, 0.25) is 0 Å². The molecule has 0 nitrogen and oxygen atoms in total. The Morgan fingerprint density at radius 1 is 0.966 bits per heavy atom. The van der Waals surface area contributed by atoms with Crippen molar-refractivity contribution >= 4 is 0 Å². The van der Waals surface area contributed by atoms with Gasteiger partial charge in [0.05, 0.1) is 0 Å². The van der Waals surface area contributed by atoms with Gasteiger partial charge in [0, 0.05) is 5.41 Å². The minimum Gasteiger partial charge on any atom is -0.0993 e. The molecule has 0 heteroatoms. The van der Waals surface area contributed by atoms with Crippen molar-refractivity contribution in [1.29, 1.82) is 0 Å². The Bertz CT molecular complexity index is 663. The van der Waals surface area contributed by atoms with Gasteiger partial charge in [0.25, 0.3) is 0 Å². The van der Waals surface area contributed by atoms with Gasteiger partial charge in [-0.15, -0.1) is 0 Å². The molecule has 0 saturated heterocycles. The van der Waals surface area contributed by atoms with Gasteiger partial charge in [-0.1, -0.05) is 96.9 Å². The third kappa shape index (κ3) is 6.87. The molecule has 0 bridgehead atoms. The predicted molar refractivity (Wildman–Crippen MR) is 133 cm³/mol. The second-order valence-corrected chi connectivity index (χ2v) is 10.3. The monoisotopic (exact) mass is 396 g/mol. The van der Waals surface area contributed by atoms with E-state index in [-0.39, 0.29) is 5.41 Å². The average Bonchev–Trinajstić information content (AvgIpc) is 2.66. The molecule has 1 aromatic carbocycles. The van der Waals surface area contributed by atoms with Gasteiger partial charge in [-0.2, -0.15) is 0 Å². The van der Waals surface area contributed by atoms with Crippen LogP contribution >= 0.6 is 0 Å². The molecule has 0 saturated carbocycles. The largest absolute Gasteiger partial charge is 0.0993 e. The van der Waals surface area contributed by atoms with Gasteiger partial charge < -0.3 is 0 Å². The second-order valence-electron chi connectivity index (χ2n) is 10.3. The molecule has 0 fully saturated rings. The van der Waals surface area contributed by atoms with Crippen LogP contribution in [0.1, 0.15) is 104 Å². The summed E-state index contributed by atoms with van der Waals surface area (Å²) in [5.74, 6) is 2.78.